The lowest BCUT2D eigenvalue weighted by Gasteiger charge is -2.04. The van der Waals surface area contributed by atoms with E-state index in [4.69, 9.17) is 4.74 Å². The second-order valence-electron chi connectivity index (χ2n) is 8.46. The van der Waals surface area contributed by atoms with Crippen LogP contribution >= 0.6 is 11.3 Å². The molecule has 0 aliphatic rings. The fourth-order valence-electron chi connectivity index (χ4n) is 3.72. The molecule has 0 N–H and O–H groups in total. The van der Waals surface area contributed by atoms with Crippen LogP contribution in [0.15, 0.2) is 17.5 Å². The molecule has 0 aliphatic heterocycles. The molecule has 0 saturated heterocycles. The lowest BCUT2D eigenvalue weighted by molar-refractivity contribution is -0.143. The molecule has 0 fully saturated rings. The molecule has 0 unspecified atom stereocenters. The van der Waals surface area contributed by atoms with Crippen molar-refractivity contribution in [2.45, 2.75) is 129 Å². The summed E-state index contributed by atoms with van der Waals surface area (Å²) in [7, 11) is 0. The lowest BCUT2D eigenvalue weighted by atomic mass is 10.0. The van der Waals surface area contributed by atoms with E-state index in [1.165, 1.54) is 96.3 Å². The molecule has 0 spiro atoms. The van der Waals surface area contributed by atoms with E-state index in [0.717, 1.165) is 19.3 Å². The summed E-state index contributed by atoms with van der Waals surface area (Å²) < 4.78 is 5.18. The van der Waals surface area contributed by atoms with E-state index in [9.17, 15) is 4.79 Å². The van der Waals surface area contributed by atoms with Crippen LogP contribution in [0.5, 0.6) is 0 Å². The van der Waals surface area contributed by atoms with Gasteiger partial charge in [0, 0.05) is 11.3 Å². The van der Waals surface area contributed by atoms with Crippen molar-refractivity contribution in [2.24, 2.45) is 0 Å². The van der Waals surface area contributed by atoms with Gasteiger partial charge < -0.3 is 4.74 Å². The molecule has 1 aromatic heterocycles. The Kier molecular flexibility index (Phi) is 18.5. The van der Waals surface area contributed by atoms with Gasteiger partial charge in [0.1, 0.15) is 0 Å². The zero-order valence-electron chi connectivity index (χ0n) is 19.1. The minimum absolute atomic E-state index is 0.00294. The summed E-state index contributed by atoms with van der Waals surface area (Å²) in [5, 5.41) is 2.19. The number of hydrogen-bond acceptors (Lipinski definition) is 3. The molecule has 2 nitrogen and oxygen atoms in total. The number of esters is 1. The Morgan fingerprint density at radius 1 is 0.759 bits per heavy atom. The van der Waals surface area contributed by atoms with Crippen molar-refractivity contribution in [3.05, 3.63) is 22.4 Å². The van der Waals surface area contributed by atoms with Crippen LogP contribution in [-0.4, -0.2) is 12.6 Å². The molecule has 0 radical (unpaired) electrons. The van der Waals surface area contributed by atoms with Gasteiger partial charge in [-0.2, -0.15) is 0 Å². The fourth-order valence-corrected chi connectivity index (χ4v) is 4.48. The predicted molar refractivity (Wildman–Crippen MR) is 128 cm³/mol. The third kappa shape index (κ3) is 17.7. The second-order valence-corrected chi connectivity index (χ2v) is 9.49. The number of hydrogen-bond donors (Lipinski definition) is 0. The quantitative estimate of drug-likeness (QED) is 0.146. The molecule has 29 heavy (non-hydrogen) atoms. The number of carbonyl (C=O) groups is 1. The molecule has 0 amide bonds. The average molecular weight is 423 g/mol. The number of carbonyl (C=O) groups excluding carboxylic acids is 1. The highest BCUT2D eigenvalue weighted by molar-refractivity contribution is 7.09. The topological polar surface area (TPSA) is 26.3 Å². The molecule has 3 heteroatoms. The Labute approximate surface area is 184 Å². The van der Waals surface area contributed by atoms with Gasteiger partial charge in [-0.3, -0.25) is 4.79 Å². The molecule has 0 aliphatic carbocycles. The molecular formula is C26H46O2S. The van der Waals surface area contributed by atoms with Gasteiger partial charge in [0.15, 0.2) is 0 Å². The van der Waals surface area contributed by atoms with Gasteiger partial charge >= 0.3 is 5.97 Å². The monoisotopic (exact) mass is 422 g/mol. The molecule has 1 heterocycles. The number of ether oxygens (including phenoxy) is 1. The Balaban J connectivity index is 1.68. The summed E-state index contributed by atoms with van der Waals surface area (Å²) in [6.07, 6.45) is 24.2. The van der Waals surface area contributed by atoms with Gasteiger partial charge in [0.25, 0.3) is 0 Å². The van der Waals surface area contributed by atoms with Crippen LogP contribution in [0.2, 0.25) is 0 Å². The highest BCUT2D eigenvalue weighted by Crippen LogP contribution is 2.16. The Hall–Kier alpha value is -0.830. The number of aryl methyl sites for hydroxylation is 1. The van der Waals surface area contributed by atoms with Gasteiger partial charge in [0.2, 0.25) is 0 Å². The van der Waals surface area contributed by atoms with Crippen molar-refractivity contribution in [2.75, 3.05) is 6.61 Å². The lowest BCUT2D eigenvalue weighted by Crippen LogP contribution is -2.05. The van der Waals surface area contributed by atoms with E-state index in [1.54, 1.807) is 4.88 Å². The third-order valence-electron chi connectivity index (χ3n) is 5.65. The Bertz CT molecular complexity index is 455. The molecule has 1 rings (SSSR count). The molecule has 0 saturated carbocycles. The van der Waals surface area contributed by atoms with Crippen LogP contribution in [0, 0.1) is 0 Å². The van der Waals surface area contributed by atoms with Crippen molar-refractivity contribution < 1.29 is 9.53 Å². The van der Waals surface area contributed by atoms with E-state index < -0.39 is 0 Å². The maximum absolute atomic E-state index is 11.5. The average Bonchev–Trinajstić information content (AvgIpc) is 3.24. The van der Waals surface area contributed by atoms with Crippen LogP contribution in [0.3, 0.4) is 0 Å². The van der Waals surface area contributed by atoms with Crippen molar-refractivity contribution in [1.82, 2.24) is 0 Å². The highest BCUT2D eigenvalue weighted by atomic mass is 32.1. The molecule has 168 valence electrons. The Morgan fingerprint density at radius 2 is 1.28 bits per heavy atom. The SMILES string of the molecule is CCCCOC(=O)CCCCCCCCCCCCCCCCCc1cccs1. The van der Waals surface area contributed by atoms with Gasteiger partial charge in [-0.25, -0.2) is 0 Å². The maximum atomic E-state index is 11.5. The number of thiophene rings is 1. The van der Waals surface area contributed by atoms with Crippen LogP contribution in [0.25, 0.3) is 0 Å². The summed E-state index contributed by atoms with van der Waals surface area (Å²) in [4.78, 5) is 13.0. The van der Waals surface area contributed by atoms with Gasteiger partial charge in [-0.15, -0.1) is 11.3 Å². The van der Waals surface area contributed by atoms with Crippen molar-refractivity contribution in [3.8, 4) is 0 Å². The van der Waals surface area contributed by atoms with Gasteiger partial charge in [-0.05, 0) is 37.1 Å². The summed E-state index contributed by atoms with van der Waals surface area (Å²) in [5.74, 6) is -0.00294. The van der Waals surface area contributed by atoms with Crippen molar-refractivity contribution >= 4 is 17.3 Å². The Morgan fingerprint density at radius 3 is 1.76 bits per heavy atom. The normalized spacial score (nSPS) is 11.1. The minimum Gasteiger partial charge on any atom is -0.466 e. The zero-order chi connectivity index (χ0) is 20.8. The van der Waals surface area contributed by atoms with E-state index in [2.05, 4.69) is 24.4 Å². The third-order valence-corrected chi connectivity index (χ3v) is 6.58. The van der Waals surface area contributed by atoms with Crippen molar-refractivity contribution in [3.63, 3.8) is 0 Å². The molecule has 1 aromatic rings. The smallest absolute Gasteiger partial charge is 0.305 e. The number of unbranched alkanes of at least 4 members (excludes halogenated alkanes) is 15. The summed E-state index contributed by atoms with van der Waals surface area (Å²) in [5.41, 5.74) is 0. The summed E-state index contributed by atoms with van der Waals surface area (Å²) >= 11 is 1.90. The fraction of sp³-hybridized carbons (Fsp3) is 0.808. The van der Waals surface area contributed by atoms with Gasteiger partial charge in [0.05, 0.1) is 6.61 Å². The zero-order valence-corrected chi connectivity index (χ0v) is 19.9. The van der Waals surface area contributed by atoms with Crippen LogP contribution in [0.1, 0.15) is 127 Å². The largest absolute Gasteiger partial charge is 0.466 e. The summed E-state index contributed by atoms with van der Waals surface area (Å²) in [6.45, 7) is 2.72. The number of rotatable bonds is 21. The van der Waals surface area contributed by atoms with Crippen molar-refractivity contribution in [1.29, 1.82) is 0 Å². The molecule has 0 aromatic carbocycles. The van der Waals surface area contributed by atoms with Gasteiger partial charge in [-0.1, -0.05) is 103 Å². The summed E-state index contributed by atoms with van der Waals surface area (Å²) in [6, 6.07) is 4.43. The maximum Gasteiger partial charge on any atom is 0.305 e. The first-order valence-corrected chi connectivity index (χ1v) is 13.4. The molecular weight excluding hydrogens is 376 g/mol. The van der Waals surface area contributed by atoms with E-state index >= 15 is 0 Å². The molecule has 0 atom stereocenters. The van der Waals surface area contributed by atoms with E-state index in [0.29, 0.717) is 13.0 Å². The van der Waals surface area contributed by atoms with Crippen LogP contribution in [0.4, 0.5) is 0 Å². The van der Waals surface area contributed by atoms with E-state index in [1.807, 2.05) is 11.3 Å². The van der Waals surface area contributed by atoms with Crippen LogP contribution < -0.4 is 0 Å². The first-order valence-electron chi connectivity index (χ1n) is 12.5. The highest BCUT2D eigenvalue weighted by Gasteiger charge is 2.02. The van der Waals surface area contributed by atoms with Crippen LogP contribution in [-0.2, 0) is 16.0 Å². The standard InChI is InChI=1S/C26H46O2S/c1-2-3-23-28-26(27)22-18-16-14-12-10-8-6-4-5-7-9-11-13-15-17-20-25-21-19-24-29-25/h19,21,24H,2-18,20,22-23H2,1H3. The minimum atomic E-state index is -0.00294. The first kappa shape index (κ1) is 26.2. The van der Waals surface area contributed by atoms with E-state index in [-0.39, 0.29) is 5.97 Å². The second kappa shape index (κ2) is 20.4. The molecule has 0 bridgehead atoms. The first-order chi connectivity index (χ1) is 14.3. The predicted octanol–water partition coefficient (Wildman–Crippen LogP) is 8.88.